The zero-order valence-electron chi connectivity index (χ0n) is 17.6. The molecule has 29 heavy (non-hydrogen) atoms. The van der Waals surface area contributed by atoms with Crippen molar-refractivity contribution in [3.8, 4) is 17.2 Å². The third kappa shape index (κ3) is 7.53. The predicted octanol–water partition coefficient (Wildman–Crippen LogP) is 5.07. The van der Waals surface area contributed by atoms with Crippen LogP contribution in [0.15, 0.2) is 48.5 Å². The highest BCUT2D eigenvalue weighted by atomic mass is 16.5. The lowest BCUT2D eigenvalue weighted by molar-refractivity contribution is -0.146. The Hall–Kier alpha value is -2.95. The van der Waals surface area contributed by atoms with Gasteiger partial charge < -0.3 is 18.9 Å². The third-order valence-corrected chi connectivity index (χ3v) is 4.62. The molecule has 0 aliphatic carbocycles. The van der Waals surface area contributed by atoms with Crippen LogP contribution in [0.3, 0.4) is 0 Å². The van der Waals surface area contributed by atoms with Crippen LogP contribution in [0.25, 0.3) is 6.08 Å². The second-order valence-corrected chi connectivity index (χ2v) is 6.71. The summed E-state index contributed by atoms with van der Waals surface area (Å²) in [5.74, 6) is 2.00. The summed E-state index contributed by atoms with van der Waals surface area (Å²) in [7, 11) is 4.90. The van der Waals surface area contributed by atoms with Gasteiger partial charge in [-0.25, -0.2) is 0 Å². The van der Waals surface area contributed by atoms with Gasteiger partial charge in [-0.1, -0.05) is 30.4 Å². The Labute approximate surface area is 173 Å². The number of methoxy groups -OCH3 is 3. The van der Waals surface area contributed by atoms with Gasteiger partial charge in [0.05, 0.1) is 21.3 Å². The van der Waals surface area contributed by atoms with E-state index in [4.69, 9.17) is 18.9 Å². The van der Waals surface area contributed by atoms with Crippen LogP contribution < -0.4 is 14.2 Å². The molecule has 1 atom stereocenters. The summed E-state index contributed by atoms with van der Waals surface area (Å²) in [4.78, 5) is 11.5. The van der Waals surface area contributed by atoms with Gasteiger partial charge in [-0.15, -0.1) is 0 Å². The van der Waals surface area contributed by atoms with E-state index < -0.39 is 0 Å². The van der Waals surface area contributed by atoms with Crippen molar-refractivity contribution < 1.29 is 23.7 Å². The Morgan fingerprint density at radius 2 is 1.66 bits per heavy atom. The summed E-state index contributed by atoms with van der Waals surface area (Å²) in [6, 6.07) is 13.8. The van der Waals surface area contributed by atoms with E-state index in [1.807, 2.05) is 42.5 Å². The Morgan fingerprint density at radius 1 is 0.931 bits per heavy atom. The van der Waals surface area contributed by atoms with Crippen molar-refractivity contribution in [1.82, 2.24) is 0 Å². The number of hydrogen-bond donors (Lipinski definition) is 0. The number of aryl methyl sites for hydroxylation is 1. The highest BCUT2D eigenvalue weighted by Gasteiger charge is 2.13. The van der Waals surface area contributed by atoms with Crippen LogP contribution in [0.1, 0.15) is 37.3 Å². The fourth-order valence-electron chi connectivity index (χ4n) is 3.08. The molecule has 2 aromatic rings. The zero-order chi connectivity index (χ0) is 21.1. The lowest BCUT2D eigenvalue weighted by atomic mass is 10.0. The normalized spacial score (nSPS) is 11.9. The van der Waals surface area contributed by atoms with Crippen molar-refractivity contribution in [3.63, 3.8) is 0 Å². The summed E-state index contributed by atoms with van der Waals surface area (Å²) < 4.78 is 21.3. The van der Waals surface area contributed by atoms with Gasteiger partial charge in [-0.05, 0) is 61.1 Å². The molecule has 0 N–H and O–H groups in total. The van der Waals surface area contributed by atoms with Crippen LogP contribution in [-0.2, 0) is 16.0 Å². The molecule has 0 bridgehead atoms. The van der Waals surface area contributed by atoms with E-state index >= 15 is 0 Å². The van der Waals surface area contributed by atoms with Gasteiger partial charge >= 0.3 is 5.97 Å². The average Bonchev–Trinajstić information content (AvgIpc) is 2.74. The lowest BCUT2D eigenvalue weighted by Crippen LogP contribution is -2.17. The van der Waals surface area contributed by atoms with Crippen molar-refractivity contribution in [2.24, 2.45) is 0 Å². The van der Waals surface area contributed by atoms with Crippen LogP contribution in [0.2, 0.25) is 0 Å². The molecule has 0 aromatic heterocycles. The Bertz CT molecular complexity index is 795. The number of esters is 1. The molecular formula is C24H30O5. The van der Waals surface area contributed by atoms with Gasteiger partial charge in [0.25, 0.3) is 0 Å². The largest absolute Gasteiger partial charge is 0.497 e. The Balaban J connectivity index is 1.89. The molecular weight excluding hydrogens is 368 g/mol. The molecule has 0 aliphatic heterocycles. The molecule has 0 saturated heterocycles. The number of rotatable bonds is 11. The van der Waals surface area contributed by atoms with Crippen LogP contribution in [0.4, 0.5) is 0 Å². The zero-order valence-corrected chi connectivity index (χ0v) is 17.6. The number of ether oxygens (including phenoxy) is 4. The topological polar surface area (TPSA) is 54.0 Å². The van der Waals surface area contributed by atoms with E-state index in [0.29, 0.717) is 11.5 Å². The van der Waals surface area contributed by atoms with Crippen molar-refractivity contribution in [2.45, 2.75) is 38.7 Å². The van der Waals surface area contributed by atoms with Crippen molar-refractivity contribution >= 4 is 12.0 Å². The molecule has 0 radical (unpaired) electrons. The minimum Gasteiger partial charge on any atom is -0.497 e. The summed E-state index contributed by atoms with van der Waals surface area (Å²) in [5.41, 5.74) is 2.23. The molecule has 0 amide bonds. The van der Waals surface area contributed by atoms with E-state index in [9.17, 15) is 4.79 Å². The number of hydrogen-bond acceptors (Lipinski definition) is 5. The Morgan fingerprint density at radius 3 is 2.28 bits per heavy atom. The number of carbonyl (C=O) groups excluding carboxylic acids is 1. The van der Waals surface area contributed by atoms with Gasteiger partial charge in [0, 0.05) is 6.92 Å². The van der Waals surface area contributed by atoms with Gasteiger partial charge in [0.15, 0.2) is 11.5 Å². The quantitative estimate of drug-likeness (QED) is 0.495. The van der Waals surface area contributed by atoms with Crippen LogP contribution in [0, 0.1) is 0 Å². The van der Waals surface area contributed by atoms with E-state index in [1.165, 1.54) is 6.92 Å². The minimum absolute atomic E-state index is 0.124. The first kappa shape index (κ1) is 22.3. The second-order valence-electron chi connectivity index (χ2n) is 6.71. The van der Waals surface area contributed by atoms with Crippen LogP contribution in [-0.4, -0.2) is 33.4 Å². The predicted molar refractivity (Wildman–Crippen MR) is 115 cm³/mol. The maximum atomic E-state index is 11.5. The molecule has 0 fully saturated rings. The molecule has 2 aromatic carbocycles. The van der Waals surface area contributed by atoms with Gasteiger partial charge in [-0.3, -0.25) is 4.79 Å². The number of allylic oxidation sites excluding steroid dienone is 1. The first-order chi connectivity index (χ1) is 14.0. The fourth-order valence-corrected chi connectivity index (χ4v) is 3.08. The maximum absolute atomic E-state index is 11.5. The molecule has 2 rings (SSSR count). The third-order valence-electron chi connectivity index (χ3n) is 4.62. The van der Waals surface area contributed by atoms with E-state index in [1.54, 1.807) is 21.3 Å². The second kappa shape index (κ2) is 11.8. The summed E-state index contributed by atoms with van der Waals surface area (Å²) >= 11 is 0. The van der Waals surface area contributed by atoms with Gasteiger partial charge in [0.1, 0.15) is 11.9 Å². The van der Waals surface area contributed by atoms with Crippen molar-refractivity contribution in [2.75, 3.05) is 21.3 Å². The first-order valence-electron chi connectivity index (χ1n) is 9.74. The smallest absolute Gasteiger partial charge is 0.302 e. The number of carbonyl (C=O) groups is 1. The molecule has 5 heteroatoms. The SMILES string of the molecule is COc1ccc(/C=C/CC[C@@H](CCc2ccc(OC)c(OC)c2)OC(C)=O)cc1. The van der Waals surface area contributed by atoms with Crippen molar-refractivity contribution in [3.05, 3.63) is 59.7 Å². The highest BCUT2D eigenvalue weighted by molar-refractivity contribution is 5.66. The maximum Gasteiger partial charge on any atom is 0.302 e. The molecule has 156 valence electrons. The lowest BCUT2D eigenvalue weighted by Gasteiger charge is -2.17. The molecule has 0 saturated carbocycles. The van der Waals surface area contributed by atoms with Gasteiger partial charge in [-0.2, -0.15) is 0 Å². The minimum atomic E-state index is -0.249. The van der Waals surface area contributed by atoms with Crippen molar-refractivity contribution in [1.29, 1.82) is 0 Å². The van der Waals surface area contributed by atoms with Crippen LogP contribution >= 0.6 is 0 Å². The average molecular weight is 398 g/mol. The number of benzene rings is 2. The fraction of sp³-hybridized carbons (Fsp3) is 0.375. The highest BCUT2D eigenvalue weighted by Crippen LogP contribution is 2.28. The van der Waals surface area contributed by atoms with E-state index in [0.717, 1.165) is 42.6 Å². The Kier molecular flexibility index (Phi) is 9.09. The molecule has 0 spiro atoms. The monoisotopic (exact) mass is 398 g/mol. The van der Waals surface area contributed by atoms with E-state index in [-0.39, 0.29) is 12.1 Å². The molecule has 0 heterocycles. The van der Waals surface area contributed by atoms with Gasteiger partial charge in [0.2, 0.25) is 0 Å². The molecule has 5 nitrogen and oxygen atoms in total. The molecule has 0 aliphatic rings. The molecule has 0 unspecified atom stereocenters. The summed E-state index contributed by atoms with van der Waals surface area (Å²) in [6.07, 6.45) is 7.20. The van der Waals surface area contributed by atoms with E-state index in [2.05, 4.69) is 12.2 Å². The summed E-state index contributed by atoms with van der Waals surface area (Å²) in [6.45, 7) is 1.45. The van der Waals surface area contributed by atoms with Crippen LogP contribution in [0.5, 0.6) is 17.2 Å². The summed E-state index contributed by atoms with van der Waals surface area (Å²) in [5, 5.41) is 0. The first-order valence-corrected chi connectivity index (χ1v) is 9.74. The standard InChI is InChI=1S/C24H30O5/c1-18(25)29-22(8-6-5-7-19-9-13-21(26-2)14-10-19)15-11-20-12-16-23(27-3)24(17-20)28-4/h5,7,9-10,12-14,16-17,22H,6,8,11,15H2,1-4H3/b7-5+/t22-/m0/s1.